The third kappa shape index (κ3) is 3.52. The molecular formula is C12H14N2O3S2. The van der Waals surface area contributed by atoms with Crippen LogP contribution in [0.3, 0.4) is 0 Å². The number of aliphatic hydroxyl groups excluding tert-OH is 1. The van der Waals surface area contributed by atoms with E-state index in [1.165, 1.54) is 23.5 Å². The molecule has 2 aromatic rings. The summed E-state index contributed by atoms with van der Waals surface area (Å²) in [5, 5.41) is 10.9. The summed E-state index contributed by atoms with van der Waals surface area (Å²) in [6.45, 7) is 1.85. The predicted molar refractivity (Wildman–Crippen MR) is 74.9 cm³/mol. The minimum absolute atomic E-state index is 0.0444. The second kappa shape index (κ2) is 5.68. The molecule has 2 rings (SSSR count). The first-order valence-corrected chi connectivity index (χ1v) is 8.02. The van der Waals surface area contributed by atoms with Gasteiger partial charge in [0.1, 0.15) is 0 Å². The van der Waals surface area contributed by atoms with Crippen molar-refractivity contribution in [1.29, 1.82) is 0 Å². The van der Waals surface area contributed by atoms with Crippen molar-refractivity contribution in [3.8, 4) is 0 Å². The van der Waals surface area contributed by atoms with Crippen molar-refractivity contribution in [3.05, 3.63) is 40.9 Å². The first-order chi connectivity index (χ1) is 9.01. The van der Waals surface area contributed by atoms with Crippen LogP contribution in [0.4, 0.5) is 5.13 Å². The number of thiazole rings is 1. The monoisotopic (exact) mass is 298 g/mol. The standard InChI is InChI=1S/C12H14N2O3S2/c1-9-8-18-12(13-9)14-19(16,17)11-4-2-10(3-5-11)6-7-15/h2-5,8,15H,6-7H2,1H3,(H,13,14). The summed E-state index contributed by atoms with van der Waals surface area (Å²) in [5.74, 6) is 0. The molecule has 0 spiro atoms. The molecule has 0 amide bonds. The lowest BCUT2D eigenvalue weighted by Gasteiger charge is -2.06. The van der Waals surface area contributed by atoms with Crippen LogP contribution in [0, 0.1) is 6.92 Å². The average molecular weight is 298 g/mol. The van der Waals surface area contributed by atoms with E-state index >= 15 is 0 Å². The van der Waals surface area contributed by atoms with E-state index < -0.39 is 10.0 Å². The number of aromatic nitrogens is 1. The zero-order chi connectivity index (χ0) is 13.9. The fraction of sp³-hybridized carbons (Fsp3) is 0.250. The lowest BCUT2D eigenvalue weighted by molar-refractivity contribution is 0.299. The molecule has 19 heavy (non-hydrogen) atoms. The molecule has 0 radical (unpaired) electrons. The van der Waals surface area contributed by atoms with Gasteiger partial charge in [-0.05, 0) is 31.0 Å². The number of rotatable bonds is 5. The van der Waals surface area contributed by atoms with Crippen LogP contribution in [-0.4, -0.2) is 25.1 Å². The molecule has 0 fully saturated rings. The summed E-state index contributed by atoms with van der Waals surface area (Å²) in [4.78, 5) is 4.25. The zero-order valence-electron chi connectivity index (χ0n) is 10.3. The highest BCUT2D eigenvalue weighted by Gasteiger charge is 2.15. The third-order valence-electron chi connectivity index (χ3n) is 2.47. The van der Waals surface area contributed by atoms with Gasteiger partial charge in [0.15, 0.2) is 5.13 Å². The Morgan fingerprint density at radius 1 is 1.32 bits per heavy atom. The van der Waals surface area contributed by atoms with Gasteiger partial charge in [-0.25, -0.2) is 13.4 Å². The summed E-state index contributed by atoms with van der Waals surface area (Å²) < 4.78 is 26.6. The summed E-state index contributed by atoms with van der Waals surface area (Å²) in [5.41, 5.74) is 1.67. The second-order valence-electron chi connectivity index (χ2n) is 4.02. The molecule has 102 valence electrons. The summed E-state index contributed by atoms with van der Waals surface area (Å²) in [6.07, 6.45) is 0.513. The van der Waals surface area contributed by atoms with Crippen molar-refractivity contribution in [2.24, 2.45) is 0 Å². The first kappa shape index (κ1) is 14.0. The van der Waals surface area contributed by atoms with Crippen LogP contribution in [0.15, 0.2) is 34.5 Å². The van der Waals surface area contributed by atoms with Gasteiger partial charge in [0.05, 0.1) is 10.6 Å². The van der Waals surface area contributed by atoms with Gasteiger partial charge in [0, 0.05) is 12.0 Å². The highest BCUT2D eigenvalue weighted by atomic mass is 32.2. The molecule has 1 aromatic carbocycles. The van der Waals surface area contributed by atoms with Gasteiger partial charge in [-0.1, -0.05) is 12.1 Å². The van der Waals surface area contributed by atoms with Crippen molar-refractivity contribution >= 4 is 26.5 Å². The van der Waals surface area contributed by atoms with Gasteiger partial charge in [0.25, 0.3) is 10.0 Å². The number of nitrogens with zero attached hydrogens (tertiary/aromatic N) is 1. The minimum atomic E-state index is -3.60. The Hall–Kier alpha value is -1.44. The number of benzene rings is 1. The Kier molecular flexibility index (Phi) is 4.18. The Labute approximate surface area is 116 Å². The summed E-state index contributed by atoms with van der Waals surface area (Å²) in [7, 11) is -3.60. The molecule has 0 bridgehead atoms. The number of hydrogen-bond donors (Lipinski definition) is 2. The van der Waals surface area contributed by atoms with Crippen molar-refractivity contribution in [2.45, 2.75) is 18.2 Å². The Morgan fingerprint density at radius 2 is 2.00 bits per heavy atom. The van der Waals surface area contributed by atoms with Crippen LogP contribution >= 0.6 is 11.3 Å². The predicted octanol–water partition coefficient (Wildman–Crippen LogP) is 1.79. The van der Waals surface area contributed by atoms with Crippen LogP contribution in [-0.2, 0) is 16.4 Å². The van der Waals surface area contributed by atoms with E-state index in [9.17, 15) is 8.42 Å². The quantitative estimate of drug-likeness (QED) is 0.882. The minimum Gasteiger partial charge on any atom is -0.396 e. The van der Waals surface area contributed by atoms with Crippen molar-refractivity contribution in [2.75, 3.05) is 11.3 Å². The number of aliphatic hydroxyl groups is 1. The normalized spacial score (nSPS) is 11.5. The molecular weight excluding hydrogens is 284 g/mol. The lowest BCUT2D eigenvalue weighted by Crippen LogP contribution is -2.12. The number of anilines is 1. The second-order valence-corrected chi connectivity index (χ2v) is 6.56. The van der Waals surface area contributed by atoms with Crippen LogP contribution in [0.1, 0.15) is 11.3 Å². The van der Waals surface area contributed by atoms with Crippen LogP contribution in [0.5, 0.6) is 0 Å². The van der Waals surface area contributed by atoms with Gasteiger partial charge in [-0.15, -0.1) is 11.3 Å². The summed E-state index contributed by atoms with van der Waals surface area (Å²) >= 11 is 1.25. The molecule has 7 heteroatoms. The fourth-order valence-corrected chi connectivity index (χ4v) is 3.48. The maximum Gasteiger partial charge on any atom is 0.263 e. The van der Waals surface area contributed by atoms with E-state index in [2.05, 4.69) is 9.71 Å². The van der Waals surface area contributed by atoms with E-state index in [0.29, 0.717) is 11.6 Å². The smallest absolute Gasteiger partial charge is 0.263 e. The molecule has 0 aliphatic heterocycles. The molecule has 0 atom stereocenters. The summed E-state index contributed by atoms with van der Waals surface area (Å²) in [6, 6.07) is 6.43. The lowest BCUT2D eigenvalue weighted by atomic mass is 10.2. The van der Waals surface area contributed by atoms with E-state index in [1.54, 1.807) is 24.4 Å². The Balaban J connectivity index is 2.19. The van der Waals surface area contributed by atoms with Gasteiger partial charge in [-0.3, -0.25) is 4.72 Å². The van der Waals surface area contributed by atoms with Crippen molar-refractivity contribution in [1.82, 2.24) is 4.98 Å². The van der Waals surface area contributed by atoms with Crippen LogP contribution in [0.25, 0.3) is 0 Å². The largest absolute Gasteiger partial charge is 0.396 e. The van der Waals surface area contributed by atoms with Crippen molar-refractivity contribution in [3.63, 3.8) is 0 Å². The molecule has 0 saturated heterocycles. The van der Waals surface area contributed by atoms with Crippen LogP contribution < -0.4 is 4.72 Å². The number of hydrogen-bond acceptors (Lipinski definition) is 5. The number of nitrogens with one attached hydrogen (secondary N) is 1. The zero-order valence-corrected chi connectivity index (χ0v) is 12.0. The molecule has 2 N–H and O–H groups in total. The fourth-order valence-electron chi connectivity index (χ4n) is 1.54. The molecule has 1 aromatic heterocycles. The van der Waals surface area contributed by atoms with Gasteiger partial charge >= 0.3 is 0 Å². The topological polar surface area (TPSA) is 79.3 Å². The Morgan fingerprint density at radius 3 is 2.53 bits per heavy atom. The molecule has 1 heterocycles. The maximum absolute atomic E-state index is 12.1. The SMILES string of the molecule is Cc1csc(NS(=O)(=O)c2ccc(CCO)cc2)n1. The molecule has 0 aliphatic rings. The van der Waals surface area contributed by atoms with Gasteiger partial charge < -0.3 is 5.11 Å². The van der Waals surface area contributed by atoms with Crippen LogP contribution in [0.2, 0.25) is 0 Å². The van der Waals surface area contributed by atoms with E-state index in [0.717, 1.165) is 11.3 Å². The van der Waals surface area contributed by atoms with E-state index in [1.807, 2.05) is 0 Å². The molecule has 0 aliphatic carbocycles. The average Bonchev–Trinajstić information content (AvgIpc) is 2.75. The van der Waals surface area contributed by atoms with Gasteiger partial charge in [-0.2, -0.15) is 0 Å². The first-order valence-electron chi connectivity index (χ1n) is 5.66. The Bertz CT molecular complexity index is 648. The third-order valence-corrected chi connectivity index (χ3v) is 4.83. The van der Waals surface area contributed by atoms with E-state index in [4.69, 9.17) is 5.11 Å². The molecule has 0 saturated carbocycles. The highest BCUT2D eigenvalue weighted by Crippen LogP contribution is 2.20. The highest BCUT2D eigenvalue weighted by molar-refractivity contribution is 7.93. The van der Waals surface area contributed by atoms with Crippen molar-refractivity contribution < 1.29 is 13.5 Å². The number of sulfonamides is 1. The van der Waals surface area contributed by atoms with E-state index in [-0.39, 0.29) is 11.5 Å². The maximum atomic E-state index is 12.1. The molecule has 0 unspecified atom stereocenters. The molecule has 5 nitrogen and oxygen atoms in total. The number of aryl methyl sites for hydroxylation is 1. The van der Waals surface area contributed by atoms with Gasteiger partial charge in [0.2, 0.25) is 0 Å².